The lowest BCUT2D eigenvalue weighted by atomic mass is 10.1. The van der Waals surface area contributed by atoms with Crippen LogP contribution in [0.5, 0.6) is 5.75 Å². The number of carboxylic acid groups (broad SMARTS) is 1. The molecule has 2 aromatic rings. The molecule has 3 N–H and O–H groups in total. The van der Waals surface area contributed by atoms with E-state index in [0.29, 0.717) is 17.0 Å². The van der Waals surface area contributed by atoms with Gasteiger partial charge in [0.2, 0.25) is 0 Å². The molecule has 17 heavy (non-hydrogen) atoms. The van der Waals surface area contributed by atoms with E-state index in [4.69, 9.17) is 15.6 Å². The van der Waals surface area contributed by atoms with Crippen molar-refractivity contribution in [3.8, 4) is 17.0 Å². The molecule has 5 nitrogen and oxygen atoms in total. The molecule has 0 saturated heterocycles. The largest absolute Gasteiger partial charge is 0.496 e. The van der Waals surface area contributed by atoms with Crippen LogP contribution < -0.4 is 10.5 Å². The Labute approximate surface area is 102 Å². The van der Waals surface area contributed by atoms with Gasteiger partial charge in [-0.05, 0) is 23.7 Å². The van der Waals surface area contributed by atoms with Gasteiger partial charge >= 0.3 is 5.97 Å². The monoisotopic (exact) mass is 250 g/mol. The van der Waals surface area contributed by atoms with Crippen molar-refractivity contribution in [2.45, 2.75) is 0 Å². The Kier molecular flexibility index (Phi) is 2.97. The number of methoxy groups -OCH3 is 1. The third-order valence-electron chi connectivity index (χ3n) is 2.28. The quantitative estimate of drug-likeness (QED) is 0.871. The second-order valence-electron chi connectivity index (χ2n) is 3.28. The fourth-order valence-electron chi connectivity index (χ4n) is 1.49. The molecule has 0 aliphatic rings. The van der Waals surface area contributed by atoms with Crippen molar-refractivity contribution in [1.29, 1.82) is 0 Å². The number of carboxylic acids is 1. The first-order chi connectivity index (χ1) is 8.15. The normalized spacial score (nSPS) is 10.2. The Morgan fingerprint density at radius 3 is 2.76 bits per heavy atom. The van der Waals surface area contributed by atoms with Crippen LogP contribution in [0.1, 0.15) is 9.67 Å². The maximum Gasteiger partial charge on any atom is 0.349 e. The van der Waals surface area contributed by atoms with Gasteiger partial charge in [-0.2, -0.15) is 4.37 Å². The number of aromatic carboxylic acids is 1. The fourth-order valence-corrected chi connectivity index (χ4v) is 2.14. The summed E-state index contributed by atoms with van der Waals surface area (Å²) in [7, 11) is 1.54. The molecule has 0 atom stereocenters. The van der Waals surface area contributed by atoms with Crippen molar-refractivity contribution < 1.29 is 14.6 Å². The van der Waals surface area contributed by atoms with Gasteiger partial charge in [-0.15, -0.1) is 0 Å². The number of nitrogen functional groups attached to an aromatic ring is 1. The van der Waals surface area contributed by atoms with Crippen LogP contribution >= 0.6 is 11.5 Å². The second kappa shape index (κ2) is 4.42. The standard InChI is InChI=1S/C11H10N2O3S/c1-16-7-5-3-2-4-6(7)9-8(12)10(11(14)15)17-13-9/h2-5H,12H2,1H3,(H,14,15). The van der Waals surface area contributed by atoms with E-state index >= 15 is 0 Å². The molecule has 0 amide bonds. The Morgan fingerprint density at radius 2 is 2.18 bits per heavy atom. The van der Waals surface area contributed by atoms with E-state index in [0.717, 1.165) is 11.5 Å². The fraction of sp³-hybridized carbons (Fsp3) is 0.0909. The molecule has 1 aromatic heterocycles. The number of aromatic nitrogens is 1. The molecule has 6 heteroatoms. The maximum atomic E-state index is 10.9. The van der Waals surface area contributed by atoms with Gasteiger partial charge in [0, 0.05) is 5.56 Å². The topological polar surface area (TPSA) is 85.4 Å². The molecule has 0 saturated carbocycles. The number of carbonyl (C=O) groups is 1. The molecular weight excluding hydrogens is 240 g/mol. The number of benzene rings is 1. The number of anilines is 1. The number of hydrogen-bond donors (Lipinski definition) is 2. The van der Waals surface area contributed by atoms with Gasteiger partial charge in [0.05, 0.1) is 12.8 Å². The van der Waals surface area contributed by atoms with Gasteiger partial charge in [0.1, 0.15) is 11.4 Å². The lowest BCUT2D eigenvalue weighted by Crippen LogP contribution is -1.98. The smallest absolute Gasteiger partial charge is 0.349 e. The van der Waals surface area contributed by atoms with Crippen molar-refractivity contribution in [3.63, 3.8) is 0 Å². The summed E-state index contributed by atoms with van der Waals surface area (Å²) in [6, 6.07) is 7.20. The van der Waals surface area contributed by atoms with Gasteiger partial charge in [-0.1, -0.05) is 12.1 Å². The van der Waals surface area contributed by atoms with Gasteiger partial charge in [0.15, 0.2) is 4.88 Å². The summed E-state index contributed by atoms with van der Waals surface area (Å²) in [4.78, 5) is 10.9. The predicted molar refractivity (Wildman–Crippen MR) is 65.5 cm³/mol. The Hall–Kier alpha value is -2.08. The van der Waals surface area contributed by atoms with Gasteiger partial charge in [0.25, 0.3) is 0 Å². The molecule has 0 spiro atoms. The van der Waals surface area contributed by atoms with Gasteiger partial charge < -0.3 is 15.6 Å². The number of rotatable bonds is 3. The zero-order valence-corrected chi connectivity index (χ0v) is 9.82. The Morgan fingerprint density at radius 1 is 1.47 bits per heavy atom. The van der Waals surface area contributed by atoms with Crippen LogP contribution in [0, 0.1) is 0 Å². The zero-order valence-electron chi connectivity index (χ0n) is 9.01. The van der Waals surface area contributed by atoms with Crippen LogP contribution in [0.15, 0.2) is 24.3 Å². The molecule has 0 bridgehead atoms. The average Bonchev–Trinajstić information content (AvgIpc) is 2.71. The molecule has 88 valence electrons. The highest BCUT2D eigenvalue weighted by Crippen LogP contribution is 2.35. The van der Waals surface area contributed by atoms with Crippen LogP contribution in [-0.4, -0.2) is 22.6 Å². The lowest BCUT2D eigenvalue weighted by molar-refractivity contribution is 0.0703. The highest BCUT2D eigenvalue weighted by atomic mass is 32.1. The number of nitrogens with two attached hydrogens (primary N) is 1. The summed E-state index contributed by atoms with van der Waals surface area (Å²) in [5, 5.41) is 8.91. The summed E-state index contributed by atoms with van der Waals surface area (Å²) in [6.07, 6.45) is 0. The molecule has 2 rings (SSSR count). The summed E-state index contributed by atoms with van der Waals surface area (Å²) >= 11 is 0.868. The molecule has 0 aliphatic heterocycles. The summed E-state index contributed by atoms with van der Waals surface area (Å²) in [5.74, 6) is -0.456. The maximum absolute atomic E-state index is 10.9. The third-order valence-corrected chi connectivity index (χ3v) is 3.14. The van der Waals surface area contributed by atoms with E-state index in [2.05, 4.69) is 4.37 Å². The van der Waals surface area contributed by atoms with Gasteiger partial charge in [-0.3, -0.25) is 0 Å². The first-order valence-corrected chi connectivity index (χ1v) is 5.54. The van der Waals surface area contributed by atoms with Crippen molar-refractivity contribution in [2.24, 2.45) is 0 Å². The number of para-hydroxylation sites is 1. The Bertz CT molecular complexity index is 566. The van der Waals surface area contributed by atoms with Crippen LogP contribution in [0.2, 0.25) is 0 Å². The number of nitrogens with zero attached hydrogens (tertiary/aromatic N) is 1. The minimum Gasteiger partial charge on any atom is -0.496 e. The number of ether oxygens (including phenoxy) is 1. The minimum absolute atomic E-state index is 0.0471. The average molecular weight is 250 g/mol. The van der Waals surface area contributed by atoms with E-state index in [-0.39, 0.29) is 10.6 Å². The van der Waals surface area contributed by atoms with Crippen LogP contribution in [0.25, 0.3) is 11.3 Å². The molecule has 0 aliphatic carbocycles. The van der Waals surface area contributed by atoms with E-state index in [9.17, 15) is 4.79 Å². The van der Waals surface area contributed by atoms with E-state index in [1.807, 2.05) is 12.1 Å². The Balaban J connectivity index is 2.57. The molecule has 0 fully saturated rings. The number of hydrogen-bond acceptors (Lipinski definition) is 5. The molecule has 1 heterocycles. The molecule has 0 unspecified atom stereocenters. The van der Waals surface area contributed by atoms with E-state index < -0.39 is 5.97 Å². The van der Waals surface area contributed by atoms with Crippen LogP contribution in [0.4, 0.5) is 5.69 Å². The zero-order chi connectivity index (χ0) is 12.4. The van der Waals surface area contributed by atoms with Crippen LogP contribution in [-0.2, 0) is 0 Å². The first-order valence-electron chi connectivity index (χ1n) is 4.77. The molecular formula is C11H10N2O3S. The minimum atomic E-state index is -1.07. The highest BCUT2D eigenvalue weighted by Gasteiger charge is 2.19. The van der Waals surface area contributed by atoms with Crippen molar-refractivity contribution in [2.75, 3.05) is 12.8 Å². The highest BCUT2D eigenvalue weighted by molar-refractivity contribution is 7.09. The predicted octanol–water partition coefficient (Wildman–Crippen LogP) is 2.10. The lowest BCUT2D eigenvalue weighted by Gasteiger charge is -2.06. The van der Waals surface area contributed by atoms with E-state index in [1.54, 1.807) is 19.2 Å². The van der Waals surface area contributed by atoms with E-state index in [1.165, 1.54) is 0 Å². The van der Waals surface area contributed by atoms with Crippen molar-refractivity contribution in [3.05, 3.63) is 29.1 Å². The van der Waals surface area contributed by atoms with Crippen LogP contribution in [0.3, 0.4) is 0 Å². The summed E-state index contributed by atoms with van der Waals surface area (Å²) in [5.41, 5.74) is 7.08. The SMILES string of the molecule is COc1ccccc1-c1nsc(C(=O)O)c1N. The summed E-state index contributed by atoms with van der Waals surface area (Å²) in [6.45, 7) is 0. The second-order valence-corrected chi connectivity index (χ2v) is 4.05. The van der Waals surface area contributed by atoms with Gasteiger partial charge in [-0.25, -0.2) is 4.79 Å². The first kappa shape index (κ1) is 11.4. The molecule has 0 radical (unpaired) electrons. The molecule has 1 aromatic carbocycles. The van der Waals surface area contributed by atoms with Crippen molar-refractivity contribution in [1.82, 2.24) is 4.37 Å². The van der Waals surface area contributed by atoms with Crippen molar-refractivity contribution >= 4 is 23.2 Å². The third kappa shape index (κ3) is 1.94. The summed E-state index contributed by atoms with van der Waals surface area (Å²) < 4.78 is 9.26.